The second kappa shape index (κ2) is 2.16. The molecule has 3 aliphatic carbocycles. The maximum Gasteiger partial charge on any atom is -0.0134 e. The SMILES string of the molecule is CC(C)C1C2CCC1C1CC=C12. The van der Waals surface area contributed by atoms with Crippen LogP contribution in [-0.4, -0.2) is 0 Å². The van der Waals surface area contributed by atoms with E-state index in [0.717, 1.165) is 29.6 Å². The second-order valence-corrected chi connectivity index (χ2v) is 5.22. The van der Waals surface area contributed by atoms with Crippen LogP contribution in [0.25, 0.3) is 0 Å². The fourth-order valence-electron chi connectivity index (χ4n) is 4.11. The fraction of sp³-hybridized carbons (Fsp3) is 0.833. The monoisotopic (exact) mass is 162 g/mol. The Morgan fingerprint density at radius 3 is 2.50 bits per heavy atom. The van der Waals surface area contributed by atoms with Crippen LogP contribution in [0.4, 0.5) is 0 Å². The molecule has 66 valence electrons. The Bertz CT molecular complexity index is 236. The molecule has 0 heterocycles. The Hall–Kier alpha value is -0.260. The summed E-state index contributed by atoms with van der Waals surface area (Å²) in [6, 6.07) is 0. The Morgan fingerprint density at radius 1 is 1.25 bits per heavy atom. The minimum atomic E-state index is 0.925. The molecule has 0 aromatic heterocycles. The minimum Gasteiger partial charge on any atom is -0.0841 e. The summed E-state index contributed by atoms with van der Waals surface area (Å²) in [6.07, 6.45) is 6.98. The first-order chi connectivity index (χ1) is 5.79. The van der Waals surface area contributed by atoms with E-state index in [1.165, 1.54) is 19.3 Å². The molecule has 3 aliphatic rings. The molecule has 4 unspecified atom stereocenters. The smallest absolute Gasteiger partial charge is 0.0134 e. The van der Waals surface area contributed by atoms with Crippen LogP contribution in [0.5, 0.6) is 0 Å². The van der Waals surface area contributed by atoms with E-state index in [4.69, 9.17) is 0 Å². The van der Waals surface area contributed by atoms with Gasteiger partial charge < -0.3 is 0 Å². The lowest BCUT2D eigenvalue weighted by molar-refractivity contribution is 0.269. The van der Waals surface area contributed by atoms with E-state index >= 15 is 0 Å². The highest BCUT2D eigenvalue weighted by Gasteiger charge is 2.53. The fourth-order valence-corrected chi connectivity index (χ4v) is 4.11. The molecule has 2 bridgehead atoms. The number of hydrogen-bond donors (Lipinski definition) is 0. The normalized spacial score (nSPS) is 49.1. The molecule has 0 N–H and O–H groups in total. The van der Waals surface area contributed by atoms with E-state index in [9.17, 15) is 0 Å². The van der Waals surface area contributed by atoms with E-state index in [1.54, 1.807) is 0 Å². The quantitative estimate of drug-likeness (QED) is 0.519. The van der Waals surface area contributed by atoms with Gasteiger partial charge in [0.1, 0.15) is 0 Å². The van der Waals surface area contributed by atoms with Crippen molar-refractivity contribution in [3.8, 4) is 0 Å². The largest absolute Gasteiger partial charge is 0.0841 e. The number of allylic oxidation sites excluding steroid dienone is 2. The molecule has 0 nitrogen and oxygen atoms in total. The number of hydrogen-bond acceptors (Lipinski definition) is 0. The maximum absolute atomic E-state index is 2.52. The van der Waals surface area contributed by atoms with E-state index in [0.29, 0.717) is 0 Å². The first kappa shape index (κ1) is 7.17. The average molecular weight is 162 g/mol. The van der Waals surface area contributed by atoms with Crippen LogP contribution in [0, 0.1) is 29.6 Å². The predicted molar refractivity (Wildman–Crippen MR) is 50.7 cm³/mol. The van der Waals surface area contributed by atoms with Crippen molar-refractivity contribution in [1.29, 1.82) is 0 Å². The van der Waals surface area contributed by atoms with Crippen molar-refractivity contribution in [3.05, 3.63) is 11.6 Å². The Balaban J connectivity index is 1.95. The van der Waals surface area contributed by atoms with E-state index in [2.05, 4.69) is 19.9 Å². The summed E-state index contributed by atoms with van der Waals surface area (Å²) in [4.78, 5) is 0. The Morgan fingerprint density at radius 2 is 2.08 bits per heavy atom. The standard InChI is InChI=1S/C12H18/c1-7(2)12-10-5-6-11(12)9-4-3-8(9)10/h3,7,9-12H,4-6H2,1-2H3. The third kappa shape index (κ3) is 0.654. The van der Waals surface area contributed by atoms with Crippen LogP contribution in [0.1, 0.15) is 33.1 Å². The molecule has 2 saturated carbocycles. The van der Waals surface area contributed by atoms with Gasteiger partial charge in [-0.15, -0.1) is 0 Å². The lowest BCUT2D eigenvalue weighted by atomic mass is 9.74. The van der Waals surface area contributed by atoms with Crippen molar-refractivity contribution >= 4 is 0 Å². The van der Waals surface area contributed by atoms with Crippen molar-refractivity contribution in [2.75, 3.05) is 0 Å². The Labute approximate surface area is 75.0 Å². The molecule has 4 atom stereocenters. The summed E-state index contributed by atoms with van der Waals surface area (Å²) in [7, 11) is 0. The van der Waals surface area contributed by atoms with Gasteiger partial charge in [0.05, 0.1) is 0 Å². The first-order valence-electron chi connectivity index (χ1n) is 5.49. The van der Waals surface area contributed by atoms with Crippen LogP contribution in [-0.2, 0) is 0 Å². The number of rotatable bonds is 1. The lowest BCUT2D eigenvalue weighted by Gasteiger charge is -2.31. The summed E-state index contributed by atoms with van der Waals surface area (Å²) in [5.41, 5.74) is 1.87. The number of fused-ring (bicyclic) bond motifs is 5. The molecule has 0 aromatic rings. The van der Waals surface area contributed by atoms with Gasteiger partial charge in [-0.2, -0.15) is 0 Å². The molecule has 3 rings (SSSR count). The summed E-state index contributed by atoms with van der Waals surface area (Å²) in [5.74, 6) is 5.15. The summed E-state index contributed by atoms with van der Waals surface area (Å²) in [6.45, 7) is 4.84. The zero-order chi connectivity index (χ0) is 8.29. The van der Waals surface area contributed by atoms with Gasteiger partial charge in [-0.3, -0.25) is 0 Å². The molecule has 0 heteroatoms. The molecular weight excluding hydrogens is 144 g/mol. The van der Waals surface area contributed by atoms with Gasteiger partial charge >= 0.3 is 0 Å². The highest BCUT2D eigenvalue weighted by molar-refractivity contribution is 5.31. The van der Waals surface area contributed by atoms with Gasteiger partial charge in [0.2, 0.25) is 0 Å². The molecule has 12 heavy (non-hydrogen) atoms. The van der Waals surface area contributed by atoms with Crippen molar-refractivity contribution in [2.24, 2.45) is 29.6 Å². The van der Waals surface area contributed by atoms with E-state index in [1.807, 2.05) is 5.57 Å². The van der Waals surface area contributed by atoms with Crippen molar-refractivity contribution in [2.45, 2.75) is 33.1 Å². The highest BCUT2D eigenvalue weighted by atomic mass is 14.6. The average Bonchev–Trinajstić information content (AvgIpc) is 2.36. The summed E-state index contributed by atoms with van der Waals surface area (Å²) < 4.78 is 0. The molecule has 0 saturated heterocycles. The van der Waals surface area contributed by atoms with Crippen LogP contribution in [0.2, 0.25) is 0 Å². The molecular formula is C12H18. The molecule has 0 aliphatic heterocycles. The summed E-state index contributed by atoms with van der Waals surface area (Å²) >= 11 is 0. The molecule has 0 amide bonds. The van der Waals surface area contributed by atoms with Gasteiger partial charge in [-0.05, 0) is 48.9 Å². The van der Waals surface area contributed by atoms with Gasteiger partial charge in [-0.25, -0.2) is 0 Å². The van der Waals surface area contributed by atoms with Gasteiger partial charge in [-0.1, -0.05) is 25.5 Å². The lowest BCUT2D eigenvalue weighted by Crippen LogP contribution is -2.20. The zero-order valence-electron chi connectivity index (χ0n) is 8.09. The third-order valence-corrected chi connectivity index (χ3v) is 4.52. The van der Waals surface area contributed by atoms with Crippen molar-refractivity contribution in [3.63, 3.8) is 0 Å². The van der Waals surface area contributed by atoms with Gasteiger partial charge in [0.25, 0.3) is 0 Å². The van der Waals surface area contributed by atoms with E-state index < -0.39 is 0 Å². The zero-order valence-corrected chi connectivity index (χ0v) is 8.09. The third-order valence-electron chi connectivity index (χ3n) is 4.52. The van der Waals surface area contributed by atoms with E-state index in [-0.39, 0.29) is 0 Å². The second-order valence-electron chi connectivity index (χ2n) is 5.22. The topological polar surface area (TPSA) is 0 Å². The molecule has 2 fully saturated rings. The molecule has 0 radical (unpaired) electrons. The van der Waals surface area contributed by atoms with Gasteiger partial charge in [0.15, 0.2) is 0 Å². The van der Waals surface area contributed by atoms with Crippen LogP contribution in [0.3, 0.4) is 0 Å². The first-order valence-corrected chi connectivity index (χ1v) is 5.49. The molecule has 0 spiro atoms. The summed E-state index contributed by atoms with van der Waals surface area (Å²) in [5, 5.41) is 0. The highest BCUT2D eigenvalue weighted by Crippen LogP contribution is 2.62. The maximum atomic E-state index is 2.52. The van der Waals surface area contributed by atoms with Crippen LogP contribution < -0.4 is 0 Å². The van der Waals surface area contributed by atoms with Crippen LogP contribution >= 0.6 is 0 Å². The van der Waals surface area contributed by atoms with Gasteiger partial charge in [0, 0.05) is 0 Å². The Kier molecular flexibility index (Phi) is 1.29. The van der Waals surface area contributed by atoms with Crippen molar-refractivity contribution < 1.29 is 0 Å². The predicted octanol–water partition coefficient (Wildman–Crippen LogP) is 3.24. The van der Waals surface area contributed by atoms with Crippen molar-refractivity contribution in [1.82, 2.24) is 0 Å². The molecule has 0 aromatic carbocycles. The minimum absolute atomic E-state index is 0.925. The van der Waals surface area contributed by atoms with Crippen LogP contribution in [0.15, 0.2) is 11.6 Å².